The lowest BCUT2D eigenvalue weighted by Gasteiger charge is -2.25. The molecule has 1 aliphatic carbocycles. The highest BCUT2D eigenvalue weighted by Crippen LogP contribution is 2.34. The number of methoxy groups -OCH3 is 2. The summed E-state index contributed by atoms with van der Waals surface area (Å²) < 4.78 is 10.4. The number of Topliss-reactive ketones (excluding diaryl/α,β-unsaturated/α-hetero) is 1. The molecule has 0 radical (unpaired) electrons. The van der Waals surface area contributed by atoms with Gasteiger partial charge in [-0.1, -0.05) is 37.6 Å². The summed E-state index contributed by atoms with van der Waals surface area (Å²) >= 11 is 0. The molecule has 3 nitrogen and oxygen atoms in total. The van der Waals surface area contributed by atoms with Crippen molar-refractivity contribution in [3.63, 3.8) is 0 Å². The van der Waals surface area contributed by atoms with E-state index in [9.17, 15) is 4.79 Å². The SMILES string of the molecule is CCC1C/C(=C\c2ccc(OC)cc2)C(=O)/C(=C/c2ccc(OC)cc2)C1. The summed E-state index contributed by atoms with van der Waals surface area (Å²) in [5, 5.41) is 0. The third-order valence-corrected chi connectivity index (χ3v) is 5.09. The molecule has 0 aromatic heterocycles. The number of ether oxygens (including phenoxy) is 2. The van der Waals surface area contributed by atoms with Gasteiger partial charge in [-0.15, -0.1) is 0 Å². The van der Waals surface area contributed by atoms with E-state index in [1.807, 2.05) is 60.7 Å². The minimum atomic E-state index is 0.159. The molecule has 0 unspecified atom stereocenters. The van der Waals surface area contributed by atoms with E-state index >= 15 is 0 Å². The van der Waals surface area contributed by atoms with Crippen molar-refractivity contribution in [2.75, 3.05) is 14.2 Å². The number of hydrogen-bond acceptors (Lipinski definition) is 3. The van der Waals surface area contributed by atoms with Gasteiger partial charge in [0.25, 0.3) is 0 Å². The van der Waals surface area contributed by atoms with Crippen molar-refractivity contribution < 1.29 is 14.3 Å². The zero-order valence-corrected chi connectivity index (χ0v) is 16.2. The van der Waals surface area contributed by atoms with Gasteiger partial charge in [-0.25, -0.2) is 0 Å². The summed E-state index contributed by atoms with van der Waals surface area (Å²) in [5.41, 5.74) is 3.83. The number of benzene rings is 2. The van der Waals surface area contributed by atoms with Crippen molar-refractivity contribution >= 4 is 17.9 Å². The van der Waals surface area contributed by atoms with Gasteiger partial charge in [0.1, 0.15) is 11.5 Å². The molecule has 3 rings (SSSR count). The van der Waals surface area contributed by atoms with Crippen molar-refractivity contribution in [2.24, 2.45) is 5.92 Å². The van der Waals surface area contributed by atoms with Crippen LogP contribution in [0.25, 0.3) is 12.2 Å². The Morgan fingerprint density at radius 3 is 1.56 bits per heavy atom. The summed E-state index contributed by atoms with van der Waals surface area (Å²) in [6.45, 7) is 2.19. The molecule has 0 spiro atoms. The van der Waals surface area contributed by atoms with Gasteiger partial charge >= 0.3 is 0 Å². The maximum Gasteiger partial charge on any atom is 0.185 e. The van der Waals surface area contributed by atoms with Crippen LogP contribution in [0.15, 0.2) is 59.7 Å². The average molecular weight is 362 g/mol. The first kappa shape index (κ1) is 19.0. The van der Waals surface area contributed by atoms with Crippen LogP contribution in [0.4, 0.5) is 0 Å². The third-order valence-electron chi connectivity index (χ3n) is 5.09. The molecule has 1 aliphatic rings. The lowest BCUT2D eigenvalue weighted by atomic mass is 9.78. The van der Waals surface area contributed by atoms with Crippen molar-refractivity contribution in [3.05, 3.63) is 70.8 Å². The molecule has 140 valence electrons. The first-order valence-electron chi connectivity index (χ1n) is 9.37. The second-order valence-electron chi connectivity index (χ2n) is 6.90. The second-order valence-corrected chi connectivity index (χ2v) is 6.90. The van der Waals surface area contributed by atoms with Gasteiger partial charge in [0.2, 0.25) is 0 Å². The first-order valence-corrected chi connectivity index (χ1v) is 9.37. The standard InChI is InChI=1S/C24H26O3/c1-4-17-13-20(15-18-5-9-22(26-2)10-6-18)24(25)21(14-17)16-19-7-11-23(27-3)12-8-19/h5-12,15-17H,4,13-14H2,1-3H3/b20-15+,21-16+. The number of rotatable bonds is 5. The highest BCUT2D eigenvalue weighted by atomic mass is 16.5. The predicted octanol–water partition coefficient (Wildman–Crippen LogP) is 5.56. The van der Waals surface area contributed by atoms with Crippen LogP contribution in [0.3, 0.4) is 0 Å². The zero-order valence-electron chi connectivity index (χ0n) is 16.2. The van der Waals surface area contributed by atoms with Crippen molar-refractivity contribution in [2.45, 2.75) is 26.2 Å². The topological polar surface area (TPSA) is 35.5 Å². The minimum absolute atomic E-state index is 0.159. The molecule has 0 N–H and O–H groups in total. The Morgan fingerprint density at radius 1 is 0.815 bits per heavy atom. The van der Waals surface area contributed by atoms with Gasteiger partial charge < -0.3 is 9.47 Å². The molecule has 1 saturated carbocycles. The summed E-state index contributed by atoms with van der Waals surface area (Å²) in [6.07, 6.45) is 6.77. The molecule has 0 aliphatic heterocycles. The maximum absolute atomic E-state index is 13.1. The lowest BCUT2D eigenvalue weighted by molar-refractivity contribution is -0.113. The smallest absolute Gasteiger partial charge is 0.185 e. The monoisotopic (exact) mass is 362 g/mol. The van der Waals surface area contributed by atoms with E-state index in [1.54, 1.807) is 14.2 Å². The molecule has 1 fully saturated rings. The van der Waals surface area contributed by atoms with Gasteiger partial charge in [-0.3, -0.25) is 4.79 Å². The molecule has 2 aromatic rings. The van der Waals surface area contributed by atoms with E-state index < -0.39 is 0 Å². The zero-order chi connectivity index (χ0) is 19.2. The lowest BCUT2D eigenvalue weighted by Crippen LogP contribution is -2.19. The van der Waals surface area contributed by atoms with Crippen molar-refractivity contribution in [3.8, 4) is 11.5 Å². The molecular weight excluding hydrogens is 336 g/mol. The molecule has 0 bridgehead atoms. The Bertz CT molecular complexity index is 773. The highest BCUT2D eigenvalue weighted by molar-refractivity contribution is 6.14. The van der Waals surface area contributed by atoms with E-state index in [2.05, 4.69) is 6.92 Å². The van der Waals surface area contributed by atoms with E-state index in [-0.39, 0.29) is 5.78 Å². The van der Waals surface area contributed by atoms with Gasteiger partial charge in [0.05, 0.1) is 14.2 Å². The molecular formula is C24H26O3. The molecule has 0 heterocycles. The third kappa shape index (κ3) is 4.68. The Labute approximate surface area is 161 Å². The fourth-order valence-corrected chi connectivity index (χ4v) is 3.43. The summed E-state index contributed by atoms with van der Waals surface area (Å²) in [4.78, 5) is 13.1. The normalized spacial score (nSPS) is 20.1. The van der Waals surface area contributed by atoms with E-state index in [1.165, 1.54) is 0 Å². The van der Waals surface area contributed by atoms with E-state index in [4.69, 9.17) is 9.47 Å². The van der Waals surface area contributed by atoms with Crippen LogP contribution in [-0.2, 0) is 4.79 Å². The molecule has 0 saturated heterocycles. The highest BCUT2D eigenvalue weighted by Gasteiger charge is 2.26. The summed E-state index contributed by atoms with van der Waals surface area (Å²) in [7, 11) is 3.31. The van der Waals surface area contributed by atoms with E-state index in [0.29, 0.717) is 5.92 Å². The fraction of sp³-hybridized carbons (Fsp3) is 0.292. The Balaban J connectivity index is 1.89. The second kappa shape index (κ2) is 8.72. The number of hydrogen-bond donors (Lipinski definition) is 0. The van der Waals surface area contributed by atoms with Crippen LogP contribution in [0.1, 0.15) is 37.3 Å². The van der Waals surface area contributed by atoms with Crippen LogP contribution in [-0.4, -0.2) is 20.0 Å². The maximum atomic E-state index is 13.1. The quantitative estimate of drug-likeness (QED) is 0.653. The molecule has 2 aromatic carbocycles. The summed E-state index contributed by atoms with van der Waals surface area (Å²) in [5.74, 6) is 2.29. The van der Waals surface area contributed by atoms with Crippen molar-refractivity contribution in [1.29, 1.82) is 0 Å². The summed E-state index contributed by atoms with van der Waals surface area (Å²) in [6, 6.07) is 15.6. The van der Waals surface area contributed by atoms with E-state index in [0.717, 1.165) is 53.0 Å². The molecule has 3 heteroatoms. The first-order chi connectivity index (χ1) is 13.1. The number of allylic oxidation sites excluding steroid dienone is 2. The Hall–Kier alpha value is -2.81. The van der Waals surface area contributed by atoms with Crippen LogP contribution in [0, 0.1) is 5.92 Å². The predicted molar refractivity (Wildman–Crippen MR) is 110 cm³/mol. The number of carbonyl (C=O) groups excluding carboxylic acids is 1. The molecule has 27 heavy (non-hydrogen) atoms. The van der Waals surface area contributed by atoms with Crippen LogP contribution in [0.2, 0.25) is 0 Å². The van der Waals surface area contributed by atoms with Gasteiger partial charge in [-0.05, 0) is 66.3 Å². The Morgan fingerprint density at radius 2 is 1.22 bits per heavy atom. The van der Waals surface area contributed by atoms with Gasteiger partial charge in [0.15, 0.2) is 5.78 Å². The van der Waals surface area contributed by atoms with Crippen molar-refractivity contribution in [1.82, 2.24) is 0 Å². The largest absolute Gasteiger partial charge is 0.497 e. The van der Waals surface area contributed by atoms with Crippen LogP contribution < -0.4 is 9.47 Å². The molecule has 0 amide bonds. The van der Waals surface area contributed by atoms with Gasteiger partial charge in [-0.2, -0.15) is 0 Å². The number of carbonyl (C=O) groups is 1. The minimum Gasteiger partial charge on any atom is -0.497 e. The fourth-order valence-electron chi connectivity index (χ4n) is 3.43. The van der Waals surface area contributed by atoms with Gasteiger partial charge in [0, 0.05) is 11.1 Å². The van der Waals surface area contributed by atoms with Crippen LogP contribution >= 0.6 is 0 Å². The Kier molecular flexibility index (Phi) is 6.12. The van der Waals surface area contributed by atoms with Crippen LogP contribution in [0.5, 0.6) is 11.5 Å². The average Bonchev–Trinajstić information content (AvgIpc) is 2.72. The molecule has 0 atom stereocenters. The number of ketones is 1.